The molecule has 0 amide bonds. The van der Waals surface area contributed by atoms with Crippen LogP contribution in [-0.2, 0) is 6.54 Å². The highest BCUT2D eigenvalue weighted by atomic mass is 15.2. The van der Waals surface area contributed by atoms with Gasteiger partial charge in [-0.15, -0.1) is 0 Å². The Kier molecular flexibility index (Phi) is 5.27. The molecular weight excluding hydrogens is 374 g/mol. The van der Waals surface area contributed by atoms with Gasteiger partial charge in [0.25, 0.3) is 0 Å². The Bertz CT molecular complexity index is 1070. The minimum atomic E-state index is 0.541. The van der Waals surface area contributed by atoms with Gasteiger partial charge in [-0.25, -0.2) is 4.98 Å². The molecule has 1 saturated heterocycles. The number of nitrogens with zero attached hydrogens (tertiary/aromatic N) is 5. The minimum Gasteiger partial charge on any atom is -0.354 e. The first-order chi connectivity index (χ1) is 14.8. The number of amidine groups is 1. The number of hydrogen-bond donors (Lipinski definition) is 2. The molecule has 30 heavy (non-hydrogen) atoms. The van der Waals surface area contributed by atoms with Gasteiger partial charge in [-0.3, -0.25) is 15.0 Å². The number of piperazine rings is 1. The number of hydrogen-bond acceptors (Lipinski definition) is 5. The van der Waals surface area contributed by atoms with Crippen LogP contribution in [-0.4, -0.2) is 58.6 Å². The predicted octanol–water partition coefficient (Wildman–Crippen LogP) is 3.41. The highest BCUT2D eigenvalue weighted by molar-refractivity contribution is 6.04. The van der Waals surface area contributed by atoms with Crippen molar-refractivity contribution in [1.29, 1.82) is 0 Å². The van der Waals surface area contributed by atoms with Crippen LogP contribution in [0.1, 0.15) is 41.9 Å². The first-order valence-electron chi connectivity index (χ1n) is 10.7. The molecule has 0 bridgehead atoms. The highest BCUT2D eigenvalue weighted by Gasteiger charge is 2.28. The summed E-state index contributed by atoms with van der Waals surface area (Å²) in [6.07, 6.45) is 11.3. The standard InChI is InChI=1S/C23H27N7/c1-24-20-15-26-14-19(16-3-2-4-16)21(20)23(30-11-9-25-10-12-30)29-13-17-5-7-27-22-18(17)6-8-28-22/h5-8,14-16,25H,1-4,9-13H2,(H,27,28)/b29-23+. The van der Waals surface area contributed by atoms with E-state index in [1.807, 2.05) is 24.8 Å². The van der Waals surface area contributed by atoms with E-state index in [2.05, 4.69) is 49.0 Å². The molecule has 154 valence electrons. The van der Waals surface area contributed by atoms with Crippen molar-refractivity contribution in [1.82, 2.24) is 25.2 Å². The van der Waals surface area contributed by atoms with Crippen LogP contribution in [0.4, 0.5) is 5.69 Å². The molecule has 0 aromatic carbocycles. The van der Waals surface area contributed by atoms with E-state index in [4.69, 9.17) is 4.99 Å². The van der Waals surface area contributed by atoms with E-state index in [9.17, 15) is 0 Å². The molecule has 7 nitrogen and oxygen atoms in total. The summed E-state index contributed by atoms with van der Waals surface area (Å²) in [5, 5.41) is 4.57. The van der Waals surface area contributed by atoms with Gasteiger partial charge < -0.3 is 15.2 Å². The van der Waals surface area contributed by atoms with Crippen molar-refractivity contribution in [2.45, 2.75) is 31.7 Å². The van der Waals surface area contributed by atoms with Crippen molar-refractivity contribution in [3.63, 3.8) is 0 Å². The number of pyridine rings is 2. The Balaban J connectivity index is 1.60. The smallest absolute Gasteiger partial charge is 0.137 e. The maximum absolute atomic E-state index is 5.19. The highest BCUT2D eigenvalue weighted by Crippen LogP contribution is 2.40. The summed E-state index contributed by atoms with van der Waals surface area (Å²) in [5.41, 5.74) is 5.29. The van der Waals surface area contributed by atoms with Crippen molar-refractivity contribution in [2.75, 3.05) is 26.2 Å². The van der Waals surface area contributed by atoms with E-state index in [1.54, 1.807) is 0 Å². The van der Waals surface area contributed by atoms with Crippen LogP contribution in [0.2, 0.25) is 0 Å². The molecule has 0 atom stereocenters. The Labute approximate surface area is 176 Å². The second-order valence-electron chi connectivity index (χ2n) is 8.00. The van der Waals surface area contributed by atoms with Gasteiger partial charge >= 0.3 is 0 Å². The summed E-state index contributed by atoms with van der Waals surface area (Å²) in [6, 6.07) is 4.13. The summed E-state index contributed by atoms with van der Waals surface area (Å²) in [7, 11) is 0. The number of aromatic amines is 1. The van der Waals surface area contributed by atoms with E-state index in [1.165, 1.54) is 30.4 Å². The largest absolute Gasteiger partial charge is 0.354 e. The van der Waals surface area contributed by atoms with Gasteiger partial charge in [0.1, 0.15) is 11.5 Å². The van der Waals surface area contributed by atoms with Crippen molar-refractivity contribution in [2.24, 2.45) is 9.98 Å². The van der Waals surface area contributed by atoms with Gasteiger partial charge in [0.05, 0.1) is 18.4 Å². The number of aromatic nitrogens is 3. The number of rotatable bonds is 5. The van der Waals surface area contributed by atoms with Gasteiger partial charge in [0.15, 0.2) is 0 Å². The Morgan fingerprint density at radius 1 is 1.20 bits per heavy atom. The van der Waals surface area contributed by atoms with Crippen molar-refractivity contribution in [3.05, 3.63) is 53.6 Å². The van der Waals surface area contributed by atoms with Gasteiger partial charge in [0, 0.05) is 55.7 Å². The number of fused-ring (bicyclic) bond motifs is 1. The Morgan fingerprint density at radius 3 is 2.83 bits per heavy atom. The lowest BCUT2D eigenvalue weighted by molar-refractivity contribution is 0.355. The number of aliphatic imine (C=N–C) groups is 2. The van der Waals surface area contributed by atoms with Crippen LogP contribution in [0, 0.1) is 0 Å². The zero-order valence-corrected chi connectivity index (χ0v) is 17.1. The van der Waals surface area contributed by atoms with Crippen molar-refractivity contribution >= 4 is 29.3 Å². The molecule has 0 radical (unpaired) electrons. The van der Waals surface area contributed by atoms with E-state index in [-0.39, 0.29) is 0 Å². The molecule has 3 aromatic heterocycles. The molecule has 0 unspecified atom stereocenters. The van der Waals surface area contributed by atoms with Gasteiger partial charge in [-0.05, 0) is 48.7 Å². The molecule has 3 aromatic rings. The lowest BCUT2D eigenvalue weighted by Crippen LogP contribution is -2.47. The summed E-state index contributed by atoms with van der Waals surface area (Å²) < 4.78 is 0. The lowest BCUT2D eigenvalue weighted by atomic mass is 9.78. The molecule has 0 spiro atoms. The van der Waals surface area contributed by atoms with Crippen LogP contribution < -0.4 is 5.32 Å². The average Bonchev–Trinajstić information content (AvgIpc) is 3.24. The van der Waals surface area contributed by atoms with Crippen molar-refractivity contribution < 1.29 is 0 Å². The van der Waals surface area contributed by atoms with Gasteiger partial charge in [0.2, 0.25) is 0 Å². The molecule has 1 aliphatic heterocycles. The molecule has 5 rings (SSSR count). The molecule has 4 heterocycles. The van der Waals surface area contributed by atoms with E-state index >= 15 is 0 Å². The fourth-order valence-electron chi connectivity index (χ4n) is 4.39. The number of nitrogens with one attached hydrogen (secondary N) is 2. The molecule has 7 heteroatoms. The monoisotopic (exact) mass is 401 g/mol. The first kappa shape index (κ1) is 18.9. The topological polar surface area (TPSA) is 81.6 Å². The summed E-state index contributed by atoms with van der Waals surface area (Å²) in [4.78, 5) is 24.0. The normalized spacial score (nSPS) is 17.9. The third kappa shape index (κ3) is 3.50. The third-order valence-electron chi connectivity index (χ3n) is 6.26. The van der Waals surface area contributed by atoms with Crippen LogP contribution in [0.3, 0.4) is 0 Å². The Hall–Kier alpha value is -3.06. The third-order valence-corrected chi connectivity index (χ3v) is 6.26. The molecular formula is C23H27N7. The molecule has 1 saturated carbocycles. The van der Waals surface area contributed by atoms with Crippen LogP contribution in [0.25, 0.3) is 11.0 Å². The SMILES string of the molecule is C=Nc1cncc(C2CCC2)c1/C(=N\Cc1ccnc2[nH]ccc12)N1CCNCC1. The van der Waals surface area contributed by atoms with Crippen LogP contribution in [0.15, 0.2) is 46.9 Å². The summed E-state index contributed by atoms with van der Waals surface area (Å²) in [6.45, 7) is 8.19. The second kappa shape index (κ2) is 8.36. The summed E-state index contributed by atoms with van der Waals surface area (Å²) in [5.74, 6) is 1.56. The van der Waals surface area contributed by atoms with Gasteiger partial charge in [-0.2, -0.15) is 0 Å². The fourth-order valence-corrected chi connectivity index (χ4v) is 4.39. The van der Waals surface area contributed by atoms with E-state index in [0.717, 1.165) is 54.3 Å². The predicted molar refractivity (Wildman–Crippen MR) is 121 cm³/mol. The second-order valence-corrected chi connectivity index (χ2v) is 8.00. The van der Waals surface area contributed by atoms with E-state index < -0.39 is 0 Å². The van der Waals surface area contributed by atoms with Crippen LogP contribution >= 0.6 is 0 Å². The zero-order valence-electron chi connectivity index (χ0n) is 17.1. The van der Waals surface area contributed by atoms with Crippen molar-refractivity contribution in [3.8, 4) is 0 Å². The quantitative estimate of drug-likeness (QED) is 0.507. The molecule has 2 N–H and O–H groups in total. The fraction of sp³-hybridized carbons (Fsp3) is 0.391. The van der Waals surface area contributed by atoms with Gasteiger partial charge in [-0.1, -0.05) is 6.42 Å². The minimum absolute atomic E-state index is 0.541. The average molecular weight is 402 g/mol. The lowest BCUT2D eigenvalue weighted by Gasteiger charge is -2.34. The number of H-pyrrole nitrogens is 1. The molecule has 1 aliphatic carbocycles. The van der Waals surface area contributed by atoms with Crippen LogP contribution in [0.5, 0.6) is 0 Å². The summed E-state index contributed by atoms with van der Waals surface area (Å²) >= 11 is 0. The maximum Gasteiger partial charge on any atom is 0.137 e. The molecule has 2 fully saturated rings. The first-order valence-corrected chi connectivity index (χ1v) is 10.7. The Morgan fingerprint density at radius 2 is 2.07 bits per heavy atom. The maximum atomic E-state index is 5.19. The van der Waals surface area contributed by atoms with E-state index in [0.29, 0.717) is 12.5 Å². The molecule has 2 aliphatic rings. The zero-order chi connectivity index (χ0) is 20.3.